The standard InChI is InChI=1S/C30H22N4/c1-30(2)17-16-22-27(23-12-7-8-18-31-23)32-29(33-28(22)30)34-24-13-6-5-11-21(24)26-20-10-4-3-9-19(20)14-15-25(26)34/h3-18H,1-2H3. The highest BCUT2D eigenvalue weighted by atomic mass is 15.2. The molecule has 162 valence electrons. The number of benzene rings is 3. The molecule has 34 heavy (non-hydrogen) atoms. The van der Waals surface area contributed by atoms with Crippen molar-refractivity contribution in [2.45, 2.75) is 19.3 Å². The number of rotatable bonds is 2. The van der Waals surface area contributed by atoms with Crippen molar-refractivity contribution in [3.63, 3.8) is 0 Å². The summed E-state index contributed by atoms with van der Waals surface area (Å²) in [4.78, 5) is 14.9. The van der Waals surface area contributed by atoms with Gasteiger partial charge in [-0.25, -0.2) is 9.97 Å². The molecular formula is C30H22N4. The van der Waals surface area contributed by atoms with Crippen molar-refractivity contribution in [1.82, 2.24) is 19.5 Å². The summed E-state index contributed by atoms with van der Waals surface area (Å²) in [6.07, 6.45) is 6.17. The van der Waals surface area contributed by atoms with Crippen molar-refractivity contribution in [2.24, 2.45) is 0 Å². The molecule has 6 aromatic rings. The zero-order valence-electron chi connectivity index (χ0n) is 19.0. The average Bonchev–Trinajstić information content (AvgIpc) is 3.38. The maximum Gasteiger partial charge on any atom is 0.235 e. The molecule has 4 heteroatoms. The summed E-state index contributed by atoms with van der Waals surface area (Å²) in [5.74, 6) is 0.678. The molecule has 0 atom stereocenters. The summed E-state index contributed by atoms with van der Waals surface area (Å²) < 4.78 is 2.21. The van der Waals surface area contributed by atoms with Crippen LogP contribution in [0.15, 0.2) is 91.1 Å². The van der Waals surface area contributed by atoms with Gasteiger partial charge in [0.25, 0.3) is 0 Å². The molecule has 0 spiro atoms. The molecule has 0 fully saturated rings. The third-order valence-electron chi connectivity index (χ3n) is 6.88. The van der Waals surface area contributed by atoms with Crippen LogP contribution >= 0.6 is 0 Å². The number of hydrogen-bond donors (Lipinski definition) is 0. The Morgan fingerprint density at radius 3 is 2.38 bits per heavy atom. The third kappa shape index (κ3) is 2.62. The molecule has 3 aromatic heterocycles. The number of aromatic nitrogens is 4. The van der Waals surface area contributed by atoms with Crippen LogP contribution in [-0.2, 0) is 5.41 Å². The van der Waals surface area contributed by atoms with E-state index in [2.05, 4.69) is 96.2 Å². The molecule has 7 rings (SSSR count). The van der Waals surface area contributed by atoms with Gasteiger partial charge in [-0.15, -0.1) is 0 Å². The van der Waals surface area contributed by atoms with Crippen molar-refractivity contribution in [2.75, 3.05) is 0 Å². The summed E-state index contributed by atoms with van der Waals surface area (Å²) in [6.45, 7) is 4.40. The van der Waals surface area contributed by atoms with Crippen molar-refractivity contribution >= 4 is 38.7 Å². The van der Waals surface area contributed by atoms with Gasteiger partial charge in [0.2, 0.25) is 5.95 Å². The maximum atomic E-state index is 5.18. The fraction of sp³-hybridized carbons (Fsp3) is 0.100. The zero-order chi connectivity index (χ0) is 22.9. The van der Waals surface area contributed by atoms with E-state index in [-0.39, 0.29) is 5.41 Å². The number of nitrogens with zero attached hydrogens (tertiary/aromatic N) is 4. The molecule has 0 unspecified atom stereocenters. The summed E-state index contributed by atoms with van der Waals surface area (Å²) in [5, 5.41) is 4.90. The second-order valence-corrected chi connectivity index (χ2v) is 9.44. The highest BCUT2D eigenvalue weighted by Crippen LogP contribution is 2.40. The van der Waals surface area contributed by atoms with Gasteiger partial charge >= 0.3 is 0 Å². The van der Waals surface area contributed by atoms with Gasteiger partial charge in [0.05, 0.1) is 22.4 Å². The molecule has 0 aliphatic heterocycles. The Balaban J connectivity index is 1.63. The van der Waals surface area contributed by atoms with Crippen LogP contribution in [-0.4, -0.2) is 19.5 Å². The Labute approximate surface area is 197 Å². The van der Waals surface area contributed by atoms with Gasteiger partial charge in [-0.05, 0) is 35.0 Å². The Bertz CT molecular complexity index is 1770. The van der Waals surface area contributed by atoms with E-state index < -0.39 is 0 Å². The van der Waals surface area contributed by atoms with Crippen molar-refractivity contribution in [1.29, 1.82) is 0 Å². The van der Waals surface area contributed by atoms with Crippen LogP contribution in [0, 0.1) is 0 Å². The van der Waals surface area contributed by atoms with Crippen molar-refractivity contribution in [3.05, 3.63) is 102 Å². The van der Waals surface area contributed by atoms with E-state index >= 15 is 0 Å². The van der Waals surface area contributed by atoms with Crippen LogP contribution in [0.2, 0.25) is 0 Å². The van der Waals surface area contributed by atoms with Crippen molar-refractivity contribution < 1.29 is 0 Å². The van der Waals surface area contributed by atoms with E-state index in [9.17, 15) is 0 Å². The minimum atomic E-state index is -0.179. The highest BCUT2D eigenvalue weighted by molar-refractivity contribution is 6.21. The first-order valence-corrected chi connectivity index (χ1v) is 11.6. The molecular weight excluding hydrogens is 416 g/mol. The molecule has 3 aromatic carbocycles. The molecule has 0 bridgehead atoms. The van der Waals surface area contributed by atoms with Crippen LogP contribution in [0.4, 0.5) is 0 Å². The van der Waals surface area contributed by atoms with Gasteiger partial charge in [-0.1, -0.05) is 80.6 Å². The molecule has 0 amide bonds. The number of allylic oxidation sites excluding steroid dienone is 1. The lowest BCUT2D eigenvalue weighted by Crippen LogP contribution is -2.17. The molecule has 1 aliphatic carbocycles. The minimum absolute atomic E-state index is 0.179. The van der Waals surface area contributed by atoms with E-state index in [0.717, 1.165) is 33.7 Å². The lowest BCUT2D eigenvalue weighted by molar-refractivity contribution is 0.651. The SMILES string of the molecule is CC1(C)C=Cc2c(-c3ccccn3)nc(-n3c4ccccc4c4c5ccccc5ccc43)nc21. The van der Waals surface area contributed by atoms with E-state index in [1.807, 2.05) is 24.4 Å². The fourth-order valence-corrected chi connectivity index (χ4v) is 5.23. The van der Waals surface area contributed by atoms with Gasteiger partial charge in [-0.2, -0.15) is 0 Å². The normalized spacial score (nSPS) is 14.3. The summed E-state index contributed by atoms with van der Waals surface area (Å²) >= 11 is 0. The quantitative estimate of drug-likeness (QED) is 0.290. The van der Waals surface area contributed by atoms with Gasteiger partial charge in [-0.3, -0.25) is 9.55 Å². The zero-order valence-corrected chi connectivity index (χ0v) is 19.0. The van der Waals surface area contributed by atoms with Crippen LogP contribution in [0.25, 0.3) is 56.0 Å². The van der Waals surface area contributed by atoms with E-state index in [1.165, 1.54) is 21.5 Å². The minimum Gasteiger partial charge on any atom is -0.278 e. The second-order valence-electron chi connectivity index (χ2n) is 9.44. The third-order valence-corrected chi connectivity index (χ3v) is 6.88. The summed E-state index contributed by atoms with van der Waals surface area (Å²) in [7, 11) is 0. The van der Waals surface area contributed by atoms with E-state index in [1.54, 1.807) is 0 Å². The number of para-hydroxylation sites is 1. The van der Waals surface area contributed by atoms with Crippen LogP contribution in [0.5, 0.6) is 0 Å². The molecule has 0 N–H and O–H groups in total. The van der Waals surface area contributed by atoms with E-state index in [0.29, 0.717) is 5.95 Å². The monoisotopic (exact) mass is 438 g/mol. The largest absolute Gasteiger partial charge is 0.278 e. The van der Waals surface area contributed by atoms with Crippen molar-refractivity contribution in [3.8, 4) is 17.3 Å². The Hall–Kier alpha value is -4.31. The van der Waals surface area contributed by atoms with Crippen LogP contribution in [0.1, 0.15) is 25.1 Å². The lowest BCUT2D eigenvalue weighted by atomic mass is 9.91. The Morgan fingerprint density at radius 1 is 0.735 bits per heavy atom. The second kappa shape index (κ2) is 6.84. The summed E-state index contributed by atoms with van der Waals surface area (Å²) in [6, 6.07) is 27.4. The van der Waals surface area contributed by atoms with Gasteiger partial charge < -0.3 is 0 Å². The fourth-order valence-electron chi connectivity index (χ4n) is 5.23. The number of hydrogen-bond acceptors (Lipinski definition) is 3. The smallest absolute Gasteiger partial charge is 0.235 e. The highest BCUT2D eigenvalue weighted by Gasteiger charge is 2.31. The molecule has 3 heterocycles. The predicted molar refractivity (Wildman–Crippen MR) is 139 cm³/mol. The summed E-state index contributed by atoms with van der Waals surface area (Å²) in [5.41, 5.74) is 5.84. The van der Waals surface area contributed by atoms with Gasteiger partial charge in [0.15, 0.2) is 0 Å². The topological polar surface area (TPSA) is 43.6 Å². The van der Waals surface area contributed by atoms with Gasteiger partial charge in [0.1, 0.15) is 5.69 Å². The lowest BCUT2D eigenvalue weighted by Gasteiger charge is -2.19. The molecule has 0 radical (unpaired) electrons. The molecule has 1 aliphatic rings. The predicted octanol–water partition coefficient (Wildman–Crippen LogP) is 7.09. The average molecular weight is 439 g/mol. The molecule has 4 nitrogen and oxygen atoms in total. The maximum absolute atomic E-state index is 5.18. The molecule has 0 saturated heterocycles. The first kappa shape index (κ1) is 19.2. The Kier molecular flexibility index (Phi) is 3.86. The first-order chi connectivity index (χ1) is 16.6. The van der Waals surface area contributed by atoms with Gasteiger partial charge in [0, 0.05) is 27.9 Å². The van der Waals surface area contributed by atoms with E-state index in [4.69, 9.17) is 9.97 Å². The van der Waals surface area contributed by atoms with Crippen LogP contribution < -0.4 is 0 Å². The Morgan fingerprint density at radius 2 is 1.53 bits per heavy atom. The number of fused-ring (bicyclic) bond motifs is 6. The molecule has 0 saturated carbocycles. The van der Waals surface area contributed by atoms with Crippen LogP contribution in [0.3, 0.4) is 0 Å². The number of pyridine rings is 1. The first-order valence-electron chi connectivity index (χ1n) is 11.6.